The van der Waals surface area contributed by atoms with E-state index in [1.807, 2.05) is 6.07 Å². The van der Waals surface area contributed by atoms with Gasteiger partial charge in [0.05, 0.1) is 0 Å². The van der Waals surface area contributed by atoms with Crippen LogP contribution in [-0.4, -0.2) is 17.1 Å². The van der Waals surface area contributed by atoms with E-state index in [9.17, 15) is 4.79 Å². The van der Waals surface area contributed by atoms with Crippen LogP contribution < -0.4 is 5.32 Å². The van der Waals surface area contributed by atoms with E-state index in [0.29, 0.717) is 6.04 Å². The van der Waals surface area contributed by atoms with Crippen molar-refractivity contribution in [2.75, 3.05) is 0 Å². The van der Waals surface area contributed by atoms with E-state index in [0.717, 1.165) is 25.3 Å². The van der Waals surface area contributed by atoms with Crippen molar-refractivity contribution in [3.8, 4) is 0 Å². The number of hydrogen-bond acceptors (Lipinski definition) is 2. The first kappa shape index (κ1) is 10.7. The van der Waals surface area contributed by atoms with Gasteiger partial charge in [-0.05, 0) is 30.4 Å². The van der Waals surface area contributed by atoms with Crippen LogP contribution in [-0.2, 0) is 17.6 Å². The summed E-state index contributed by atoms with van der Waals surface area (Å²) in [4.78, 5) is 10.3. The van der Waals surface area contributed by atoms with Crippen molar-refractivity contribution in [3.05, 3.63) is 47.7 Å². The molecule has 0 spiro atoms. The Kier molecular flexibility index (Phi) is 3.25. The number of aliphatic carboxylic acids is 1. The van der Waals surface area contributed by atoms with E-state index in [1.165, 1.54) is 17.3 Å². The van der Waals surface area contributed by atoms with E-state index >= 15 is 0 Å². The van der Waals surface area contributed by atoms with Gasteiger partial charge in [0.15, 0.2) is 0 Å². The van der Waals surface area contributed by atoms with Crippen molar-refractivity contribution >= 4 is 5.97 Å². The topological polar surface area (TPSA) is 49.3 Å². The lowest BCUT2D eigenvalue weighted by molar-refractivity contribution is -0.131. The molecule has 2 rings (SSSR count). The van der Waals surface area contributed by atoms with E-state index in [2.05, 4.69) is 23.5 Å². The SMILES string of the molecule is O=C(O)/C=C/NC1CCc2ccccc2C1. The molecule has 3 heteroatoms. The van der Waals surface area contributed by atoms with Crippen molar-refractivity contribution in [1.82, 2.24) is 5.32 Å². The monoisotopic (exact) mass is 217 g/mol. The minimum atomic E-state index is -0.913. The van der Waals surface area contributed by atoms with Crippen molar-refractivity contribution in [2.45, 2.75) is 25.3 Å². The van der Waals surface area contributed by atoms with Crippen molar-refractivity contribution in [2.24, 2.45) is 0 Å². The molecule has 84 valence electrons. The summed E-state index contributed by atoms with van der Waals surface area (Å²) in [5.74, 6) is -0.913. The van der Waals surface area contributed by atoms with Crippen LogP contribution in [0, 0.1) is 0 Å². The molecule has 0 bridgehead atoms. The van der Waals surface area contributed by atoms with Gasteiger partial charge in [0, 0.05) is 18.3 Å². The number of carboxylic acid groups (broad SMARTS) is 1. The van der Waals surface area contributed by atoms with Crippen molar-refractivity contribution < 1.29 is 9.90 Å². The van der Waals surface area contributed by atoms with Gasteiger partial charge in [-0.3, -0.25) is 0 Å². The van der Waals surface area contributed by atoms with Crippen LogP contribution in [0.4, 0.5) is 0 Å². The lowest BCUT2D eigenvalue weighted by atomic mass is 9.88. The number of nitrogens with one attached hydrogen (secondary N) is 1. The molecule has 1 unspecified atom stereocenters. The van der Waals surface area contributed by atoms with Crippen LogP contribution in [0.1, 0.15) is 17.5 Å². The summed E-state index contributed by atoms with van der Waals surface area (Å²) in [5, 5.41) is 11.6. The van der Waals surface area contributed by atoms with E-state index in [-0.39, 0.29) is 0 Å². The Balaban J connectivity index is 1.95. The maximum absolute atomic E-state index is 10.3. The zero-order chi connectivity index (χ0) is 11.4. The summed E-state index contributed by atoms with van der Waals surface area (Å²) in [6.45, 7) is 0. The Hall–Kier alpha value is -1.77. The Morgan fingerprint density at radius 3 is 2.88 bits per heavy atom. The lowest BCUT2D eigenvalue weighted by Crippen LogP contribution is -2.31. The summed E-state index contributed by atoms with van der Waals surface area (Å²) in [5.41, 5.74) is 2.79. The number of aryl methyl sites for hydroxylation is 1. The molecule has 0 saturated heterocycles. The predicted molar refractivity (Wildman–Crippen MR) is 62.2 cm³/mol. The highest BCUT2D eigenvalue weighted by Crippen LogP contribution is 2.20. The Labute approximate surface area is 94.8 Å². The minimum Gasteiger partial charge on any atom is -0.478 e. The average Bonchev–Trinajstić information content (AvgIpc) is 2.28. The molecule has 1 aliphatic carbocycles. The first-order valence-corrected chi connectivity index (χ1v) is 5.48. The summed E-state index contributed by atoms with van der Waals surface area (Å²) >= 11 is 0. The molecule has 0 heterocycles. The molecular weight excluding hydrogens is 202 g/mol. The Bertz CT molecular complexity index is 412. The Morgan fingerprint density at radius 1 is 1.38 bits per heavy atom. The second-order valence-electron chi connectivity index (χ2n) is 4.05. The van der Waals surface area contributed by atoms with Gasteiger partial charge < -0.3 is 10.4 Å². The normalized spacial score (nSPS) is 19.4. The number of rotatable bonds is 3. The summed E-state index contributed by atoms with van der Waals surface area (Å²) < 4.78 is 0. The Morgan fingerprint density at radius 2 is 2.12 bits per heavy atom. The van der Waals surface area contributed by atoms with Gasteiger partial charge in [-0.1, -0.05) is 24.3 Å². The summed E-state index contributed by atoms with van der Waals surface area (Å²) in [6.07, 6.45) is 5.76. The molecule has 0 aromatic heterocycles. The third kappa shape index (κ3) is 2.63. The standard InChI is InChI=1S/C13H15NO2/c15-13(16)7-8-14-12-6-5-10-3-1-2-4-11(10)9-12/h1-4,7-8,12,14H,5-6,9H2,(H,15,16)/b8-7+. The van der Waals surface area contributed by atoms with Crippen LogP contribution in [0.15, 0.2) is 36.5 Å². The second kappa shape index (κ2) is 4.84. The number of fused-ring (bicyclic) bond motifs is 1. The highest BCUT2D eigenvalue weighted by molar-refractivity contribution is 5.79. The molecule has 16 heavy (non-hydrogen) atoms. The molecule has 1 aromatic rings. The fourth-order valence-electron chi connectivity index (χ4n) is 2.10. The molecule has 1 aromatic carbocycles. The minimum absolute atomic E-state index is 0.352. The van der Waals surface area contributed by atoms with Gasteiger partial charge in [0.2, 0.25) is 0 Å². The zero-order valence-electron chi connectivity index (χ0n) is 9.02. The van der Waals surface area contributed by atoms with Gasteiger partial charge in [0.1, 0.15) is 0 Å². The maximum atomic E-state index is 10.3. The number of carbonyl (C=O) groups is 1. The first-order valence-electron chi connectivity index (χ1n) is 5.48. The molecule has 0 radical (unpaired) electrons. The fraction of sp³-hybridized carbons (Fsp3) is 0.308. The average molecular weight is 217 g/mol. The zero-order valence-corrected chi connectivity index (χ0v) is 9.02. The van der Waals surface area contributed by atoms with Gasteiger partial charge in [-0.25, -0.2) is 4.79 Å². The van der Waals surface area contributed by atoms with Crippen LogP contribution in [0.25, 0.3) is 0 Å². The molecule has 3 nitrogen and oxygen atoms in total. The second-order valence-corrected chi connectivity index (χ2v) is 4.05. The molecule has 0 amide bonds. The van der Waals surface area contributed by atoms with Crippen LogP contribution in [0.5, 0.6) is 0 Å². The number of benzene rings is 1. The third-order valence-corrected chi connectivity index (χ3v) is 2.90. The number of carboxylic acids is 1. The lowest BCUT2D eigenvalue weighted by Gasteiger charge is -2.24. The van der Waals surface area contributed by atoms with E-state index < -0.39 is 5.97 Å². The molecule has 0 aliphatic heterocycles. The van der Waals surface area contributed by atoms with Crippen LogP contribution >= 0.6 is 0 Å². The molecule has 0 saturated carbocycles. The predicted octanol–water partition coefficient (Wildman–Crippen LogP) is 1.73. The van der Waals surface area contributed by atoms with Gasteiger partial charge in [-0.15, -0.1) is 0 Å². The molecule has 0 fully saturated rings. The van der Waals surface area contributed by atoms with Crippen molar-refractivity contribution in [1.29, 1.82) is 0 Å². The van der Waals surface area contributed by atoms with Gasteiger partial charge >= 0.3 is 5.97 Å². The summed E-state index contributed by atoms with van der Waals surface area (Å²) in [7, 11) is 0. The van der Waals surface area contributed by atoms with Crippen molar-refractivity contribution in [3.63, 3.8) is 0 Å². The molecule has 1 aliphatic rings. The third-order valence-electron chi connectivity index (χ3n) is 2.90. The summed E-state index contributed by atoms with van der Waals surface area (Å²) in [6, 6.07) is 8.78. The van der Waals surface area contributed by atoms with Gasteiger partial charge in [0.25, 0.3) is 0 Å². The highest BCUT2D eigenvalue weighted by atomic mass is 16.4. The molecule has 2 N–H and O–H groups in total. The largest absolute Gasteiger partial charge is 0.478 e. The first-order chi connectivity index (χ1) is 7.75. The highest BCUT2D eigenvalue weighted by Gasteiger charge is 2.16. The smallest absolute Gasteiger partial charge is 0.329 e. The van der Waals surface area contributed by atoms with E-state index in [4.69, 9.17) is 5.11 Å². The number of hydrogen-bond donors (Lipinski definition) is 2. The van der Waals surface area contributed by atoms with E-state index in [1.54, 1.807) is 0 Å². The van der Waals surface area contributed by atoms with Crippen LogP contribution in [0.3, 0.4) is 0 Å². The maximum Gasteiger partial charge on any atom is 0.329 e. The quantitative estimate of drug-likeness (QED) is 0.758. The molecule has 1 atom stereocenters. The van der Waals surface area contributed by atoms with Crippen LogP contribution in [0.2, 0.25) is 0 Å². The van der Waals surface area contributed by atoms with Gasteiger partial charge in [-0.2, -0.15) is 0 Å². The molecular formula is C13H15NO2. The fourth-order valence-corrected chi connectivity index (χ4v) is 2.10.